The van der Waals surface area contributed by atoms with E-state index in [9.17, 15) is 0 Å². The first-order valence-electron chi connectivity index (χ1n) is 6.29. The molecule has 0 bridgehead atoms. The second-order valence-corrected chi connectivity index (χ2v) is 5.20. The summed E-state index contributed by atoms with van der Waals surface area (Å²) in [6.45, 7) is 2.17. The molecule has 2 rings (SSSR count). The van der Waals surface area contributed by atoms with Crippen molar-refractivity contribution in [3.63, 3.8) is 0 Å². The quantitative estimate of drug-likeness (QED) is 0.628. The topological polar surface area (TPSA) is 90.4 Å². The number of rotatable bonds is 6. The number of hydrogen-bond acceptors (Lipinski definition) is 4. The Hall–Kier alpha value is -1.82. The first-order valence-corrected chi connectivity index (χ1v) is 7.17. The smallest absolute Gasteiger partial charge is 0.222 e. The Morgan fingerprint density at radius 3 is 2.95 bits per heavy atom. The zero-order valence-corrected chi connectivity index (χ0v) is 11.7. The summed E-state index contributed by atoms with van der Waals surface area (Å²) in [5, 5.41) is 3.05. The van der Waals surface area contributed by atoms with Crippen LogP contribution in [0.25, 0.3) is 0 Å². The van der Waals surface area contributed by atoms with Crippen molar-refractivity contribution >= 4 is 23.2 Å². The van der Waals surface area contributed by atoms with Gasteiger partial charge in [-0.25, -0.2) is 4.98 Å². The van der Waals surface area contributed by atoms with Gasteiger partial charge in [0.15, 0.2) is 5.96 Å². The van der Waals surface area contributed by atoms with Crippen molar-refractivity contribution in [2.75, 3.05) is 0 Å². The molecule has 5 nitrogen and oxygen atoms in total. The van der Waals surface area contributed by atoms with Gasteiger partial charge in [-0.2, -0.15) is 4.99 Å². The van der Waals surface area contributed by atoms with Gasteiger partial charge in [0, 0.05) is 17.6 Å². The monoisotopic (exact) mass is 278 g/mol. The maximum Gasteiger partial charge on any atom is 0.222 e. The first kappa shape index (κ1) is 13.6. The van der Waals surface area contributed by atoms with E-state index in [2.05, 4.69) is 16.9 Å². The van der Waals surface area contributed by atoms with Gasteiger partial charge in [-0.1, -0.05) is 19.8 Å². The van der Waals surface area contributed by atoms with Gasteiger partial charge in [0.05, 0.1) is 5.92 Å². The fourth-order valence-electron chi connectivity index (χ4n) is 1.92. The molecule has 2 aromatic rings. The molecule has 0 saturated carbocycles. The zero-order chi connectivity index (χ0) is 13.7. The van der Waals surface area contributed by atoms with Gasteiger partial charge in [-0.3, -0.25) is 0 Å². The molecule has 0 fully saturated rings. The minimum absolute atomic E-state index is 0.000238. The first-order chi connectivity index (χ1) is 9.20. The fourth-order valence-corrected chi connectivity index (χ4v) is 2.70. The number of furan rings is 1. The van der Waals surface area contributed by atoms with E-state index in [1.165, 1.54) is 0 Å². The molecule has 6 heteroatoms. The number of aliphatic imine (C=N–C) groups is 1. The lowest BCUT2D eigenvalue weighted by Gasteiger charge is -2.10. The molecule has 0 aliphatic heterocycles. The minimum Gasteiger partial charge on any atom is -0.443 e. The second kappa shape index (κ2) is 6.38. The molecule has 0 aliphatic carbocycles. The molecule has 0 saturated heterocycles. The number of guanidine groups is 1. The highest BCUT2D eigenvalue weighted by atomic mass is 32.1. The van der Waals surface area contributed by atoms with Crippen molar-refractivity contribution in [1.29, 1.82) is 0 Å². The van der Waals surface area contributed by atoms with Crippen LogP contribution in [0.3, 0.4) is 0 Å². The third-order valence-corrected chi connectivity index (χ3v) is 3.68. The van der Waals surface area contributed by atoms with Crippen molar-refractivity contribution in [1.82, 2.24) is 4.98 Å². The second-order valence-electron chi connectivity index (χ2n) is 4.28. The molecule has 19 heavy (non-hydrogen) atoms. The summed E-state index contributed by atoms with van der Waals surface area (Å²) in [6.07, 6.45) is 5.10. The lowest BCUT2D eigenvalue weighted by atomic mass is 10.0. The van der Waals surface area contributed by atoms with Crippen molar-refractivity contribution in [3.05, 3.63) is 34.5 Å². The molecule has 4 N–H and O–H groups in total. The number of hydrogen-bond donors (Lipinski definition) is 2. The summed E-state index contributed by atoms with van der Waals surface area (Å²) in [5.41, 5.74) is 10.7. The van der Waals surface area contributed by atoms with Gasteiger partial charge in [-0.05, 0) is 12.5 Å². The van der Waals surface area contributed by atoms with Crippen LogP contribution in [0.15, 0.2) is 33.1 Å². The SMILES string of the molecule is CCCCC(c1ccc(N=C(N)N)o1)c1nccs1. The van der Waals surface area contributed by atoms with Crippen LogP contribution in [0.5, 0.6) is 0 Å². The molecule has 0 aromatic carbocycles. The molecule has 1 atom stereocenters. The summed E-state index contributed by atoms with van der Waals surface area (Å²) in [7, 11) is 0. The highest BCUT2D eigenvalue weighted by Crippen LogP contribution is 2.33. The van der Waals surface area contributed by atoms with Crippen LogP contribution < -0.4 is 11.5 Å². The predicted octanol–water partition coefficient (Wildman–Crippen LogP) is 2.96. The fraction of sp³-hybridized carbons (Fsp3) is 0.385. The van der Waals surface area contributed by atoms with Crippen LogP contribution >= 0.6 is 11.3 Å². The van der Waals surface area contributed by atoms with Crippen molar-refractivity contribution in [2.24, 2.45) is 16.5 Å². The summed E-state index contributed by atoms with van der Waals surface area (Å²) >= 11 is 1.64. The van der Waals surface area contributed by atoms with Crippen LogP contribution in [0, 0.1) is 0 Å². The average Bonchev–Trinajstić information content (AvgIpc) is 3.01. The molecule has 0 radical (unpaired) electrons. The number of unbranched alkanes of at least 4 members (excludes halogenated alkanes) is 1. The molecule has 0 amide bonds. The Kier molecular flexibility index (Phi) is 4.57. The molecular weight excluding hydrogens is 260 g/mol. The summed E-state index contributed by atoms with van der Waals surface area (Å²) in [4.78, 5) is 8.30. The lowest BCUT2D eigenvalue weighted by molar-refractivity contribution is 0.474. The molecule has 2 aromatic heterocycles. The summed E-state index contributed by atoms with van der Waals surface area (Å²) < 4.78 is 5.70. The van der Waals surface area contributed by atoms with Crippen molar-refractivity contribution in [3.8, 4) is 0 Å². The largest absolute Gasteiger partial charge is 0.443 e. The lowest BCUT2D eigenvalue weighted by Crippen LogP contribution is -2.21. The molecule has 0 aliphatic rings. The maximum absolute atomic E-state index is 5.70. The van der Waals surface area contributed by atoms with Crippen LogP contribution in [-0.4, -0.2) is 10.9 Å². The minimum atomic E-state index is 0.000238. The van der Waals surface area contributed by atoms with Crippen LogP contribution in [0.1, 0.15) is 42.9 Å². The van der Waals surface area contributed by atoms with E-state index in [-0.39, 0.29) is 11.9 Å². The molecule has 0 spiro atoms. The third-order valence-electron chi connectivity index (χ3n) is 2.79. The van der Waals surface area contributed by atoms with E-state index < -0.39 is 0 Å². The summed E-state index contributed by atoms with van der Waals surface area (Å²) in [6, 6.07) is 3.70. The summed E-state index contributed by atoms with van der Waals surface area (Å²) in [5.74, 6) is 1.49. The Bertz CT molecular complexity index is 529. The standard InChI is InChI=1S/C13H18N4OS/c1-2-3-4-9(12-16-7-8-19-12)10-5-6-11(18-10)17-13(14)15/h5-9H,2-4H2,1H3,(H4,14,15,17). The highest BCUT2D eigenvalue weighted by molar-refractivity contribution is 7.09. The van der Waals surface area contributed by atoms with Crippen molar-refractivity contribution in [2.45, 2.75) is 32.1 Å². The van der Waals surface area contributed by atoms with E-state index >= 15 is 0 Å². The van der Waals surface area contributed by atoms with E-state index in [4.69, 9.17) is 15.9 Å². The maximum atomic E-state index is 5.70. The number of nitrogens with zero attached hydrogens (tertiary/aromatic N) is 2. The van der Waals surface area contributed by atoms with Crippen molar-refractivity contribution < 1.29 is 4.42 Å². The van der Waals surface area contributed by atoms with Gasteiger partial charge >= 0.3 is 0 Å². The van der Waals surface area contributed by atoms with E-state index in [0.29, 0.717) is 5.88 Å². The third kappa shape index (κ3) is 3.57. The zero-order valence-electron chi connectivity index (χ0n) is 10.9. The Balaban J connectivity index is 2.23. The Morgan fingerprint density at radius 2 is 2.32 bits per heavy atom. The van der Waals surface area contributed by atoms with Gasteiger partial charge < -0.3 is 15.9 Å². The van der Waals surface area contributed by atoms with Gasteiger partial charge in [0.1, 0.15) is 10.8 Å². The predicted molar refractivity (Wildman–Crippen MR) is 77.7 cm³/mol. The van der Waals surface area contributed by atoms with E-state index in [0.717, 1.165) is 30.0 Å². The average molecular weight is 278 g/mol. The molecule has 2 heterocycles. The van der Waals surface area contributed by atoms with E-state index in [1.54, 1.807) is 17.4 Å². The number of thiazole rings is 1. The Labute approximate surface area is 116 Å². The normalized spacial score (nSPS) is 12.3. The number of nitrogens with two attached hydrogens (primary N) is 2. The highest BCUT2D eigenvalue weighted by Gasteiger charge is 2.20. The molecule has 1 unspecified atom stereocenters. The van der Waals surface area contributed by atoms with Gasteiger partial charge in [0.25, 0.3) is 0 Å². The van der Waals surface area contributed by atoms with E-state index in [1.807, 2.05) is 17.6 Å². The molecular formula is C13H18N4OS. The van der Waals surface area contributed by atoms with Crippen LogP contribution in [-0.2, 0) is 0 Å². The van der Waals surface area contributed by atoms with Crippen LogP contribution in [0.4, 0.5) is 5.88 Å². The molecule has 102 valence electrons. The van der Waals surface area contributed by atoms with Crippen LogP contribution in [0.2, 0.25) is 0 Å². The van der Waals surface area contributed by atoms with Gasteiger partial charge in [0.2, 0.25) is 5.88 Å². The number of aromatic nitrogens is 1. The van der Waals surface area contributed by atoms with Gasteiger partial charge in [-0.15, -0.1) is 11.3 Å². The Morgan fingerprint density at radius 1 is 1.47 bits per heavy atom.